The van der Waals surface area contributed by atoms with E-state index in [9.17, 15) is 9.59 Å². The zero-order valence-electron chi connectivity index (χ0n) is 11.1. The third-order valence-electron chi connectivity index (χ3n) is 2.67. The molecular weight excluding hydrogens is 312 g/mol. The van der Waals surface area contributed by atoms with Crippen LogP contribution in [-0.4, -0.2) is 25.7 Å². The van der Waals surface area contributed by atoms with Crippen molar-refractivity contribution in [1.29, 1.82) is 0 Å². The molecule has 0 saturated heterocycles. The number of halogens is 1. The van der Waals surface area contributed by atoms with Gasteiger partial charge in [0.25, 0.3) is 0 Å². The number of hydrogen-bond donors (Lipinski definition) is 0. The monoisotopic (exact) mass is 328 g/mol. The molecular formula is C14H17BrO4. The van der Waals surface area contributed by atoms with Gasteiger partial charge in [-0.15, -0.1) is 0 Å². The van der Waals surface area contributed by atoms with Gasteiger partial charge < -0.3 is 9.47 Å². The van der Waals surface area contributed by atoms with E-state index in [-0.39, 0.29) is 18.4 Å². The molecule has 0 aliphatic heterocycles. The normalized spacial score (nSPS) is 10.1. The van der Waals surface area contributed by atoms with Gasteiger partial charge in [-0.3, -0.25) is 9.59 Å². The molecule has 0 aliphatic rings. The van der Waals surface area contributed by atoms with Crippen molar-refractivity contribution in [2.45, 2.75) is 26.2 Å². The van der Waals surface area contributed by atoms with Gasteiger partial charge in [-0.25, -0.2) is 0 Å². The molecule has 0 bridgehead atoms. The first kappa shape index (κ1) is 15.7. The van der Waals surface area contributed by atoms with Crippen LogP contribution >= 0.6 is 15.9 Å². The van der Waals surface area contributed by atoms with Crippen LogP contribution in [0.1, 0.15) is 24.5 Å². The minimum Gasteiger partial charge on any atom is -0.469 e. The lowest BCUT2D eigenvalue weighted by Crippen LogP contribution is -2.10. The molecule has 1 rings (SSSR count). The molecule has 0 spiro atoms. The first-order chi connectivity index (χ1) is 9.08. The second-order valence-electron chi connectivity index (χ2n) is 3.94. The molecule has 4 nitrogen and oxygen atoms in total. The molecule has 0 N–H and O–H groups in total. The summed E-state index contributed by atoms with van der Waals surface area (Å²) in [6.45, 7) is 2.16. The van der Waals surface area contributed by atoms with Crippen molar-refractivity contribution in [3.8, 4) is 0 Å². The Bertz CT molecular complexity index is 457. The Kier molecular flexibility index (Phi) is 6.56. The number of methoxy groups -OCH3 is 1. The lowest BCUT2D eigenvalue weighted by Gasteiger charge is -2.10. The summed E-state index contributed by atoms with van der Waals surface area (Å²) in [6, 6.07) is 5.65. The van der Waals surface area contributed by atoms with E-state index < -0.39 is 0 Å². The highest BCUT2D eigenvalue weighted by molar-refractivity contribution is 9.10. The molecule has 104 valence electrons. The summed E-state index contributed by atoms with van der Waals surface area (Å²) in [5.74, 6) is -0.532. The Balaban J connectivity index is 2.79. The Morgan fingerprint density at radius 3 is 2.63 bits per heavy atom. The predicted octanol–water partition coefficient (Wildman–Crippen LogP) is 2.66. The standard InChI is InChI=1S/C14H17BrO4/c1-3-19-13(16)8-7-10-5-4-6-12(15)11(10)9-14(17)18-2/h4-6H,3,7-9H2,1-2H3. The van der Waals surface area contributed by atoms with Gasteiger partial charge in [-0.1, -0.05) is 28.1 Å². The molecule has 5 heteroatoms. The highest BCUT2D eigenvalue weighted by atomic mass is 79.9. The summed E-state index contributed by atoms with van der Waals surface area (Å²) < 4.78 is 10.4. The van der Waals surface area contributed by atoms with Crippen molar-refractivity contribution in [2.24, 2.45) is 0 Å². The van der Waals surface area contributed by atoms with Crippen molar-refractivity contribution in [1.82, 2.24) is 0 Å². The van der Waals surface area contributed by atoms with Gasteiger partial charge in [0.2, 0.25) is 0 Å². The van der Waals surface area contributed by atoms with Gasteiger partial charge in [-0.05, 0) is 30.5 Å². The molecule has 0 unspecified atom stereocenters. The van der Waals surface area contributed by atoms with E-state index in [2.05, 4.69) is 20.7 Å². The van der Waals surface area contributed by atoms with Crippen LogP contribution in [0.15, 0.2) is 22.7 Å². The van der Waals surface area contributed by atoms with Crippen LogP contribution in [0.25, 0.3) is 0 Å². The Labute approximate surface area is 121 Å². The summed E-state index contributed by atoms with van der Waals surface area (Å²) in [5, 5.41) is 0. The zero-order valence-corrected chi connectivity index (χ0v) is 12.7. The molecule has 19 heavy (non-hydrogen) atoms. The average molecular weight is 329 g/mol. The van der Waals surface area contributed by atoms with Crippen LogP contribution < -0.4 is 0 Å². The van der Waals surface area contributed by atoms with Gasteiger partial charge in [-0.2, -0.15) is 0 Å². The van der Waals surface area contributed by atoms with Crippen molar-refractivity contribution in [3.63, 3.8) is 0 Å². The van der Waals surface area contributed by atoms with E-state index in [1.54, 1.807) is 6.92 Å². The summed E-state index contributed by atoms with van der Waals surface area (Å²) >= 11 is 3.42. The van der Waals surface area contributed by atoms with Crippen LogP contribution in [0.4, 0.5) is 0 Å². The Morgan fingerprint density at radius 2 is 2.00 bits per heavy atom. The maximum atomic E-state index is 11.4. The first-order valence-electron chi connectivity index (χ1n) is 6.07. The van der Waals surface area contributed by atoms with Crippen LogP contribution in [0, 0.1) is 0 Å². The van der Waals surface area contributed by atoms with E-state index in [4.69, 9.17) is 4.74 Å². The van der Waals surface area contributed by atoms with Crippen LogP contribution in [0.3, 0.4) is 0 Å². The number of hydrogen-bond acceptors (Lipinski definition) is 4. The number of carbonyl (C=O) groups is 2. The second kappa shape index (κ2) is 7.94. The van der Waals surface area contributed by atoms with Gasteiger partial charge in [0, 0.05) is 10.9 Å². The quantitative estimate of drug-likeness (QED) is 0.753. The molecule has 1 aromatic rings. The Morgan fingerprint density at radius 1 is 1.26 bits per heavy atom. The molecule has 0 amide bonds. The predicted molar refractivity (Wildman–Crippen MR) is 74.8 cm³/mol. The molecule has 1 aromatic carbocycles. The van der Waals surface area contributed by atoms with E-state index in [0.717, 1.165) is 15.6 Å². The van der Waals surface area contributed by atoms with E-state index >= 15 is 0 Å². The third-order valence-corrected chi connectivity index (χ3v) is 3.41. The van der Waals surface area contributed by atoms with E-state index in [1.165, 1.54) is 7.11 Å². The second-order valence-corrected chi connectivity index (χ2v) is 4.79. The number of rotatable bonds is 6. The van der Waals surface area contributed by atoms with Crippen LogP contribution in [0.2, 0.25) is 0 Å². The smallest absolute Gasteiger partial charge is 0.310 e. The summed E-state index contributed by atoms with van der Waals surface area (Å²) in [6.07, 6.45) is 1.04. The molecule has 0 saturated carbocycles. The van der Waals surface area contributed by atoms with Gasteiger partial charge in [0.15, 0.2) is 0 Å². The fourth-order valence-corrected chi connectivity index (χ4v) is 2.27. The number of ether oxygens (including phenoxy) is 2. The maximum absolute atomic E-state index is 11.4. The van der Waals surface area contributed by atoms with Crippen molar-refractivity contribution in [3.05, 3.63) is 33.8 Å². The van der Waals surface area contributed by atoms with Crippen molar-refractivity contribution >= 4 is 27.9 Å². The molecule has 0 aromatic heterocycles. The average Bonchev–Trinajstić information content (AvgIpc) is 2.39. The fourth-order valence-electron chi connectivity index (χ4n) is 1.72. The lowest BCUT2D eigenvalue weighted by molar-refractivity contribution is -0.143. The topological polar surface area (TPSA) is 52.6 Å². The summed E-state index contributed by atoms with van der Waals surface area (Å²) in [5.41, 5.74) is 1.81. The number of aryl methyl sites for hydroxylation is 1. The lowest BCUT2D eigenvalue weighted by atomic mass is 10.0. The maximum Gasteiger partial charge on any atom is 0.310 e. The molecule has 0 fully saturated rings. The van der Waals surface area contributed by atoms with Crippen LogP contribution in [-0.2, 0) is 31.9 Å². The largest absolute Gasteiger partial charge is 0.469 e. The molecule has 0 heterocycles. The highest BCUT2D eigenvalue weighted by Gasteiger charge is 2.13. The van der Waals surface area contributed by atoms with Crippen molar-refractivity contribution < 1.29 is 19.1 Å². The molecule has 0 aliphatic carbocycles. The van der Waals surface area contributed by atoms with Crippen LogP contribution in [0.5, 0.6) is 0 Å². The van der Waals surface area contributed by atoms with Gasteiger partial charge in [0.05, 0.1) is 20.1 Å². The minimum absolute atomic E-state index is 0.191. The zero-order chi connectivity index (χ0) is 14.3. The minimum atomic E-state index is -0.302. The Hall–Kier alpha value is -1.36. The highest BCUT2D eigenvalue weighted by Crippen LogP contribution is 2.23. The van der Waals surface area contributed by atoms with E-state index in [1.807, 2.05) is 18.2 Å². The molecule has 0 atom stereocenters. The third kappa shape index (κ3) is 5.03. The summed E-state index contributed by atoms with van der Waals surface area (Å²) in [4.78, 5) is 22.8. The van der Waals surface area contributed by atoms with E-state index in [0.29, 0.717) is 19.4 Å². The van der Waals surface area contributed by atoms with Gasteiger partial charge in [0.1, 0.15) is 0 Å². The number of benzene rings is 1. The molecule has 0 radical (unpaired) electrons. The number of carbonyl (C=O) groups excluding carboxylic acids is 2. The summed E-state index contributed by atoms with van der Waals surface area (Å²) in [7, 11) is 1.36. The van der Waals surface area contributed by atoms with Crippen molar-refractivity contribution in [2.75, 3.05) is 13.7 Å². The number of esters is 2. The SMILES string of the molecule is CCOC(=O)CCc1cccc(Br)c1CC(=O)OC. The fraction of sp³-hybridized carbons (Fsp3) is 0.429. The van der Waals surface area contributed by atoms with Gasteiger partial charge >= 0.3 is 11.9 Å². The first-order valence-corrected chi connectivity index (χ1v) is 6.86.